The SMILES string of the molecule is CCOc1ccc(C(=O)N(Cc2cccnc2)c2nc3ccc(OC)cc3s2)cc1. The van der Waals surface area contributed by atoms with Crippen LogP contribution in [0.15, 0.2) is 67.0 Å². The number of aromatic nitrogens is 2. The number of pyridine rings is 1. The number of carbonyl (C=O) groups is 1. The molecule has 0 radical (unpaired) electrons. The van der Waals surface area contributed by atoms with Crippen molar-refractivity contribution >= 4 is 32.6 Å². The molecule has 7 heteroatoms. The second kappa shape index (κ2) is 8.92. The monoisotopic (exact) mass is 419 g/mol. The van der Waals surface area contributed by atoms with Crippen LogP contribution in [0.3, 0.4) is 0 Å². The second-order valence-corrected chi connectivity index (χ2v) is 7.55. The number of hydrogen-bond acceptors (Lipinski definition) is 6. The van der Waals surface area contributed by atoms with Crippen molar-refractivity contribution in [3.63, 3.8) is 0 Å². The van der Waals surface area contributed by atoms with Gasteiger partial charge in [-0.05, 0) is 61.0 Å². The molecule has 152 valence electrons. The summed E-state index contributed by atoms with van der Waals surface area (Å²) < 4.78 is 11.8. The van der Waals surface area contributed by atoms with E-state index in [0.29, 0.717) is 23.8 Å². The number of nitrogens with zero attached hydrogens (tertiary/aromatic N) is 3. The van der Waals surface area contributed by atoms with Crippen molar-refractivity contribution in [1.29, 1.82) is 0 Å². The van der Waals surface area contributed by atoms with Crippen molar-refractivity contribution in [3.05, 3.63) is 78.1 Å². The van der Waals surface area contributed by atoms with Crippen LogP contribution in [0.5, 0.6) is 11.5 Å². The highest BCUT2D eigenvalue weighted by Crippen LogP contribution is 2.33. The number of fused-ring (bicyclic) bond motifs is 1. The molecule has 0 fully saturated rings. The first-order valence-electron chi connectivity index (χ1n) is 9.56. The minimum Gasteiger partial charge on any atom is -0.497 e. The number of methoxy groups -OCH3 is 1. The zero-order valence-electron chi connectivity index (χ0n) is 16.7. The van der Waals surface area contributed by atoms with Crippen molar-refractivity contribution in [2.45, 2.75) is 13.5 Å². The van der Waals surface area contributed by atoms with E-state index in [9.17, 15) is 4.79 Å². The highest BCUT2D eigenvalue weighted by Gasteiger charge is 2.22. The van der Waals surface area contributed by atoms with Gasteiger partial charge in [-0.1, -0.05) is 17.4 Å². The quantitative estimate of drug-likeness (QED) is 0.424. The molecule has 6 nitrogen and oxygen atoms in total. The molecule has 2 aromatic carbocycles. The van der Waals surface area contributed by atoms with Crippen LogP contribution in [0.1, 0.15) is 22.8 Å². The smallest absolute Gasteiger partial charge is 0.260 e. The number of carbonyl (C=O) groups excluding carboxylic acids is 1. The van der Waals surface area contributed by atoms with E-state index in [4.69, 9.17) is 14.5 Å². The Morgan fingerprint density at radius 2 is 1.90 bits per heavy atom. The third-order valence-electron chi connectivity index (χ3n) is 4.54. The molecular weight excluding hydrogens is 398 g/mol. The molecule has 0 saturated heterocycles. The van der Waals surface area contributed by atoms with Crippen molar-refractivity contribution in [2.24, 2.45) is 0 Å². The van der Waals surface area contributed by atoms with Gasteiger partial charge in [0.2, 0.25) is 0 Å². The molecule has 4 aromatic rings. The maximum absolute atomic E-state index is 13.4. The first-order chi connectivity index (χ1) is 14.7. The summed E-state index contributed by atoms with van der Waals surface area (Å²) in [7, 11) is 1.63. The largest absolute Gasteiger partial charge is 0.497 e. The van der Waals surface area contributed by atoms with Crippen LogP contribution in [0.2, 0.25) is 0 Å². The highest BCUT2D eigenvalue weighted by atomic mass is 32.1. The minimum atomic E-state index is -0.132. The summed E-state index contributed by atoms with van der Waals surface area (Å²) in [6.07, 6.45) is 3.47. The Labute approximate surface area is 178 Å². The number of anilines is 1. The lowest BCUT2D eigenvalue weighted by Gasteiger charge is -2.20. The highest BCUT2D eigenvalue weighted by molar-refractivity contribution is 7.22. The van der Waals surface area contributed by atoms with E-state index in [-0.39, 0.29) is 5.91 Å². The topological polar surface area (TPSA) is 64.5 Å². The molecule has 0 bridgehead atoms. The van der Waals surface area contributed by atoms with Gasteiger partial charge in [0.15, 0.2) is 5.13 Å². The Hall–Kier alpha value is -3.45. The fourth-order valence-electron chi connectivity index (χ4n) is 3.05. The molecule has 0 spiro atoms. The lowest BCUT2D eigenvalue weighted by atomic mass is 10.2. The summed E-state index contributed by atoms with van der Waals surface area (Å²) in [6.45, 7) is 2.88. The minimum absolute atomic E-state index is 0.132. The van der Waals surface area contributed by atoms with Crippen molar-refractivity contribution < 1.29 is 14.3 Å². The number of hydrogen-bond donors (Lipinski definition) is 0. The molecule has 0 aliphatic heterocycles. The molecule has 0 saturated carbocycles. The van der Waals surface area contributed by atoms with E-state index in [0.717, 1.165) is 27.3 Å². The molecule has 0 aliphatic carbocycles. The van der Waals surface area contributed by atoms with Crippen LogP contribution in [0.4, 0.5) is 5.13 Å². The fraction of sp³-hybridized carbons (Fsp3) is 0.174. The van der Waals surface area contributed by atoms with Gasteiger partial charge >= 0.3 is 0 Å². The molecule has 2 heterocycles. The van der Waals surface area contributed by atoms with E-state index < -0.39 is 0 Å². The summed E-state index contributed by atoms with van der Waals surface area (Å²) >= 11 is 1.46. The molecule has 0 unspecified atom stereocenters. The van der Waals surface area contributed by atoms with Gasteiger partial charge in [0, 0.05) is 18.0 Å². The fourth-order valence-corrected chi connectivity index (χ4v) is 4.04. The third kappa shape index (κ3) is 4.26. The zero-order chi connectivity index (χ0) is 20.9. The summed E-state index contributed by atoms with van der Waals surface area (Å²) in [4.78, 5) is 24.0. The van der Waals surface area contributed by atoms with Gasteiger partial charge in [-0.25, -0.2) is 4.98 Å². The molecule has 0 N–H and O–H groups in total. The molecule has 30 heavy (non-hydrogen) atoms. The van der Waals surface area contributed by atoms with Crippen LogP contribution in [-0.4, -0.2) is 29.6 Å². The zero-order valence-corrected chi connectivity index (χ0v) is 17.6. The Morgan fingerprint density at radius 1 is 1.10 bits per heavy atom. The number of rotatable bonds is 7. The van der Waals surface area contributed by atoms with Gasteiger partial charge in [0.25, 0.3) is 5.91 Å². The molecule has 1 amide bonds. The first-order valence-corrected chi connectivity index (χ1v) is 10.4. The van der Waals surface area contributed by atoms with Crippen LogP contribution >= 0.6 is 11.3 Å². The van der Waals surface area contributed by atoms with Gasteiger partial charge in [-0.15, -0.1) is 0 Å². The molecule has 4 rings (SSSR count). The van der Waals surface area contributed by atoms with E-state index in [1.807, 2.05) is 49.4 Å². The molecule has 0 aliphatic rings. The number of ether oxygens (including phenoxy) is 2. The third-order valence-corrected chi connectivity index (χ3v) is 5.58. The average molecular weight is 420 g/mol. The first kappa shape index (κ1) is 19.8. The van der Waals surface area contributed by atoms with Crippen molar-refractivity contribution in [3.8, 4) is 11.5 Å². The number of thiazole rings is 1. The standard InChI is InChI=1S/C23H21N3O3S/c1-3-29-18-8-6-17(7-9-18)22(27)26(15-16-5-4-12-24-14-16)23-25-20-11-10-19(28-2)13-21(20)30-23/h4-14H,3,15H2,1-2H3. The van der Waals surface area contributed by atoms with Crippen LogP contribution in [-0.2, 0) is 6.54 Å². The van der Waals surface area contributed by atoms with E-state index in [2.05, 4.69) is 4.98 Å². The second-order valence-electron chi connectivity index (χ2n) is 6.54. The van der Waals surface area contributed by atoms with Crippen LogP contribution in [0.25, 0.3) is 10.2 Å². The number of benzene rings is 2. The van der Waals surface area contributed by atoms with Crippen LogP contribution in [0, 0.1) is 0 Å². The summed E-state index contributed by atoms with van der Waals surface area (Å²) in [5.41, 5.74) is 2.32. The normalized spacial score (nSPS) is 10.7. The lowest BCUT2D eigenvalue weighted by molar-refractivity contribution is 0.0985. The Bertz CT molecular complexity index is 1140. The lowest BCUT2D eigenvalue weighted by Crippen LogP contribution is -2.30. The predicted octanol–water partition coefficient (Wildman–Crippen LogP) is 4.95. The Kier molecular flexibility index (Phi) is 5.90. The van der Waals surface area contributed by atoms with E-state index >= 15 is 0 Å². The summed E-state index contributed by atoms with van der Waals surface area (Å²) in [5.74, 6) is 1.36. The Morgan fingerprint density at radius 3 is 2.60 bits per heavy atom. The summed E-state index contributed by atoms with van der Waals surface area (Å²) in [5, 5.41) is 0.626. The maximum Gasteiger partial charge on any atom is 0.260 e. The van der Waals surface area contributed by atoms with Crippen molar-refractivity contribution in [1.82, 2.24) is 9.97 Å². The van der Waals surface area contributed by atoms with E-state index in [1.54, 1.807) is 36.5 Å². The van der Waals surface area contributed by atoms with Gasteiger partial charge in [-0.3, -0.25) is 14.7 Å². The van der Waals surface area contributed by atoms with Gasteiger partial charge in [-0.2, -0.15) is 0 Å². The Balaban J connectivity index is 1.71. The maximum atomic E-state index is 13.4. The van der Waals surface area contributed by atoms with Gasteiger partial charge in [0.05, 0.1) is 30.5 Å². The molecule has 2 aromatic heterocycles. The van der Waals surface area contributed by atoms with Crippen molar-refractivity contribution in [2.75, 3.05) is 18.6 Å². The van der Waals surface area contributed by atoms with E-state index in [1.165, 1.54) is 11.3 Å². The van der Waals surface area contributed by atoms with Gasteiger partial charge < -0.3 is 9.47 Å². The summed E-state index contributed by atoms with van der Waals surface area (Å²) in [6, 6.07) is 16.7. The number of amides is 1. The van der Waals surface area contributed by atoms with Gasteiger partial charge in [0.1, 0.15) is 11.5 Å². The molecular formula is C23H21N3O3S. The predicted molar refractivity (Wildman–Crippen MR) is 119 cm³/mol. The average Bonchev–Trinajstić information content (AvgIpc) is 3.21. The van der Waals surface area contributed by atoms with Crippen LogP contribution < -0.4 is 14.4 Å². The molecule has 0 atom stereocenters.